The number of carboxylic acids is 1. The standard InChI is InChI=1S/C14H20N4O3/c1-11(12-2-4-15-5-3-12)16-14(21)18-8-6-17(7-9-18)10-13(19)20/h2-5,11H,6-10H2,1H3,(H,16,21)(H,19,20). The van der Waals surface area contributed by atoms with E-state index in [0.29, 0.717) is 26.2 Å². The number of nitrogens with one attached hydrogen (secondary N) is 1. The molecule has 2 heterocycles. The van der Waals surface area contributed by atoms with Gasteiger partial charge in [-0.2, -0.15) is 0 Å². The van der Waals surface area contributed by atoms with Crippen LogP contribution in [0, 0.1) is 0 Å². The predicted molar refractivity (Wildman–Crippen MR) is 76.8 cm³/mol. The van der Waals surface area contributed by atoms with Gasteiger partial charge in [-0.05, 0) is 24.6 Å². The molecule has 2 amide bonds. The van der Waals surface area contributed by atoms with E-state index in [-0.39, 0.29) is 18.6 Å². The minimum atomic E-state index is -0.834. The third kappa shape index (κ3) is 4.42. The number of carbonyl (C=O) groups is 2. The summed E-state index contributed by atoms with van der Waals surface area (Å²) in [5.74, 6) is -0.834. The van der Waals surface area contributed by atoms with Crippen LogP contribution in [0.25, 0.3) is 0 Å². The van der Waals surface area contributed by atoms with Gasteiger partial charge in [0.2, 0.25) is 0 Å². The molecular formula is C14H20N4O3. The van der Waals surface area contributed by atoms with Crippen LogP contribution in [0.15, 0.2) is 24.5 Å². The van der Waals surface area contributed by atoms with Gasteiger partial charge in [0, 0.05) is 38.6 Å². The van der Waals surface area contributed by atoms with Crippen molar-refractivity contribution in [1.82, 2.24) is 20.1 Å². The minimum absolute atomic E-state index is 0.0306. The maximum Gasteiger partial charge on any atom is 0.317 e. The summed E-state index contributed by atoms with van der Waals surface area (Å²) in [5.41, 5.74) is 1.00. The summed E-state index contributed by atoms with van der Waals surface area (Å²) in [6, 6.07) is 3.54. The van der Waals surface area contributed by atoms with Crippen molar-refractivity contribution >= 4 is 12.0 Å². The summed E-state index contributed by atoms with van der Waals surface area (Å²) in [4.78, 5) is 30.3. The lowest BCUT2D eigenvalue weighted by atomic mass is 10.1. The zero-order valence-corrected chi connectivity index (χ0v) is 12.0. The maximum atomic E-state index is 12.2. The van der Waals surface area contributed by atoms with Gasteiger partial charge in [0.25, 0.3) is 0 Å². The van der Waals surface area contributed by atoms with Gasteiger partial charge in [0.1, 0.15) is 0 Å². The van der Waals surface area contributed by atoms with E-state index in [1.807, 2.05) is 24.0 Å². The van der Waals surface area contributed by atoms with Gasteiger partial charge in [0.15, 0.2) is 0 Å². The smallest absolute Gasteiger partial charge is 0.317 e. The fourth-order valence-electron chi connectivity index (χ4n) is 2.31. The minimum Gasteiger partial charge on any atom is -0.480 e. The highest BCUT2D eigenvalue weighted by molar-refractivity contribution is 5.75. The largest absolute Gasteiger partial charge is 0.480 e. The van der Waals surface area contributed by atoms with E-state index in [0.717, 1.165) is 5.56 Å². The predicted octanol–water partition coefficient (Wildman–Crippen LogP) is 0.554. The Kier molecular flexibility index (Phi) is 5.10. The van der Waals surface area contributed by atoms with E-state index < -0.39 is 5.97 Å². The average Bonchev–Trinajstić information content (AvgIpc) is 2.48. The van der Waals surface area contributed by atoms with E-state index >= 15 is 0 Å². The number of aromatic nitrogens is 1. The van der Waals surface area contributed by atoms with E-state index in [1.54, 1.807) is 17.3 Å². The Morgan fingerprint density at radius 1 is 1.29 bits per heavy atom. The van der Waals surface area contributed by atoms with Gasteiger partial charge in [-0.3, -0.25) is 14.7 Å². The van der Waals surface area contributed by atoms with Gasteiger partial charge < -0.3 is 15.3 Å². The van der Waals surface area contributed by atoms with Crippen LogP contribution in [0.5, 0.6) is 0 Å². The van der Waals surface area contributed by atoms with E-state index in [1.165, 1.54) is 0 Å². The molecule has 2 N–H and O–H groups in total. The first-order chi connectivity index (χ1) is 10.1. The van der Waals surface area contributed by atoms with Crippen molar-refractivity contribution in [2.24, 2.45) is 0 Å². The first kappa shape index (κ1) is 15.2. The number of carbonyl (C=O) groups excluding carboxylic acids is 1. The first-order valence-electron chi connectivity index (χ1n) is 6.96. The fraction of sp³-hybridized carbons (Fsp3) is 0.500. The molecule has 1 atom stereocenters. The second-order valence-electron chi connectivity index (χ2n) is 5.11. The zero-order valence-electron chi connectivity index (χ0n) is 12.0. The normalized spacial score (nSPS) is 17.3. The Morgan fingerprint density at radius 2 is 1.90 bits per heavy atom. The third-order valence-corrected chi connectivity index (χ3v) is 3.56. The van der Waals surface area contributed by atoms with Gasteiger partial charge >= 0.3 is 12.0 Å². The van der Waals surface area contributed by atoms with Gasteiger partial charge in [0.05, 0.1) is 12.6 Å². The van der Waals surface area contributed by atoms with Crippen molar-refractivity contribution in [3.05, 3.63) is 30.1 Å². The van der Waals surface area contributed by atoms with Crippen molar-refractivity contribution in [2.75, 3.05) is 32.7 Å². The Morgan fingerprint density at radius 3 is 2.48 bits per heavy atom. The molecule has 0 saturated carbocycles. The molecule has 0 aromatic carbocycles. The molecule has 1 aromatic heterocycles. The SMILES string of the molecule is CC(NC(=O)N1CCN(CC(=O)O)CC1)c1ccncc1. The van der Waals surface area contributed by atoms with Crippen LogP contribution in [0.2, 0.25) is 0 Å². The first-order valence-corrected chi connectivity index (χ1v) is 6.96. The fourth-order valence-corrected chi connectivity index (χ4v) is 2.31. The molecule has 7 heteroatoms. The second kappa shape index (κ2) is 7.03. The second-order valence-corrected chi connectivity index (χ2v) is 5.11. The van der Waals surface area contributed by atoms with Crippen molar-refractivity contribution in [1.29, 1.82) is 0 Å². The van der Waals surface area contributed by atoms with Crippen molar-refractivity contribution in [3.63, 3.8) is 0 Å². The monoisotopic (exact) mass is 292 g/mol. The molecule has 1 aliphatic heterocycles. The lowest BCUT2D eigenvalue weighted by molar-refractivity contribution is -0.138. The van der Waals surface area contributed by atoms with Crippen molar-refractivity contribution in [2.45, 2.75) is 13.0 Å². The average molecular weight is 292 g/mol. The highest BCUT2D eigenvalue weighted by atomic mass is 16.4. The van der Waals surface area contributed by atoms with Crippen LogP contribution in [-0.4, -0.2) is 64.6 Å². The number of hydrogen-bond acceptors (Lipinski definition) is 4. The number of rotatable bonds is 4. The number of nitrogens with zero attached hydrogens (tertiary/aromatic N) is 3. The van der Waals surface area contributed by atoms with Crippen molar-refractivity contribution in [3.8, 4) is 0 Å². The zero-order chi connectivity index (χ0) is 15.2. The Bertz CT molecular complexity index is 486. The lowest BCUT2D eigenvalue weighted by Crippen LogP contribution is -2.52. The van der Waals surface area contributed by atoms with Crippen LogP contribution >= 0.6 is 0 Å². The molecule has 1 aliphatic rings. The molecule has 1 fully saturated rings. The van der Waals surface area contributed by atoms with E-state index in [9.17, 15) is 9.59 Å². The number of urea groups is 1. The van der Waals surface area contributed by atoms with E-state index in [4.69, 9.17) is 5.11 Å². The topological polar surface area (TPSA) is 85.8 Å². The number of carboxylic acid groups (broad SMARTS) is 1. The van der Waals surface area contributed by atoms with Crippen molar-refractivity contribution < 1.29 is 14.7 Å². The lowest BCUT2D eigenvalue weighted by Gasteiger charge is -2.34. The molecule has 0 aliphatic carbocycles. The molecule has 7 nitrogen and oxygen atoms in total. The molecule has 0 spiro atoms. The van der Waals surface area contributed by atoms with Crippen LogP contribution in [0.4, 0.5) is 4.79 Å². The summed E-state index contributed by atoms with van der Waals surface area (Å²) in [6.07, 6.45) is 3.39. The van der Waals surface area contributed by atoms with Crippen LogP contribution in [-0.2, 0) is 4.79 Å². The van der Waals surface area contributed by atoms with Crippen LogP contribution < -0.4 is 5.32 Å². The quantitative estimate of drug-likeness (QED) is 0.846. The highest BCUT2D eigenvalue weighted by Crippen LogP contribution is 2.11. The molecule has 2 rings (SSSR count). The molecule has 114 valence electrons. The Hall–Kier alpha value is -2.15. The van der Waals surface area contributed by atoms with E-state index in [2.05, 4.69) is 10.3 Å². The molecule has 21 heavy (non-hydrogen) atoms. The summed E-state index contributed by atoms with van der Waals surface area (Å²) in [5, 5.41) is 11.7. The third-order valence-electron chi connectivity index (χ3n) is 3.56. The molecule has 1 saturated heterocycles. The summed E-state index contributed by atoms with van der Waals surface area (Å²) >= 11 is 0. The Balaban J connectivity index is 1.81. The number of pyridine rings is 1. The number of aliphatic carboxylic acids is 1. The van der Waals surface area contributed by atoms with Crippen LogP contribution in [0.3, 0.4) is 0 Å². The van der Waals surface area contributed by atoms with Gasteiger partial charge in [-0.1, -0.05) is 0 Å². The summed E-state index contributed by atoms with van der Waals surface area (Å²) in [7, 11) is 0. The highest BCUT2D eigenvalue weighted by Gasteiger charge is 2.23. The summed E-state index contributed by atoms with van der Waals surface area (Å²) in [6.45, 7) is 4.22. The molecular weight excluding hydrogens is 272 g/mol. The number of piperazine rings is 1. The van der Waals surface area contributed by atoms with Crippen LogP contribution in [0.1, 0.15) is 18.5 Å². The molecule has 0 radical (unpaired) electrons. The maximum absolute atomic E-state index is 12.2. The summed E-state index contributed by atoms with van der Waals surface area (Å²) < 4.78 is 0. The number of amides is 2. The van der Waals surface area contributed by atoms with Gasteiger partial charge in [-0.15, -0.1) is 0 Å². The number of hydrogen-bond donors (Lipinski definition) is 2. The molecule has 1 aromatic rings. The van der Waals surface area contributed by atoms with Gasteiger partial charge in [-0.25, -0.2) is 4.79 Å². The molecule has 1 unspecified atom stereocenters. The Labute approximate surface area is 123 Å². The molecule has 0 bridgehead atoms.